The van der Waals surface area contributed by atoms with E-state index in [1.807, 2.05) is 20.8 Å². The number of carbonyl (C=O) groups is 1. The van der Waals surface area contributed by atoms with Gasteiger partial charge in [0.25, 0.3) is 0 Å². The quantitative estimate of drug-likeness (QED) is 0.548. The summed E-state index contributed by atoms with van der Waals surface area (Å²) in [5, 5.41) is 0. The fraction of sp³-hybridized carbons (Fsp3) is 0.900. The molecule has 0 aliphatic heterocycles. The maximum absolute atomic E-state index is 11.9. The lowest BCUT2D eigenvalue weighted by Gasteiger charge is -2.30. The van der Waals surface area contributed by atoms with Crippen LogP contribution in [0.3, 0.4) is 0 Å². The Morgan fingerprint density at radius 1 is 1.06 bits per heavy atom. The minimum atomic E-state index is -2.96. The van der Waals surface area contributed by atoms with Crippen LogP contribution in [0.15, 0.2) is 0 Å². The van der Waals surface area contributed by atoms with Gasteiger partial charge in [-0.2, -0.15) is 0 Å². The molecular formula is C10H22O5Si. The maximum atomic E-state index is 11.9. The van der Waals surface area contributed by atoms with Crippen LogP contribution in [0.1, 0.15) is 27.7 Å². The number of hydrogen-bond donors (Lipinski definition) is 0. The van der Waals surface area contributed by atoms with Gasteiger partial charge in [0.05, 0.1) is 0 Å². The van der Waals surface area contributed by atoms with E-state index in [2.05, 4.69) is 0 Å². The second-order valence-corrected chi connectivity index (χ2v) is 7.77. The lowest BCUT2D eigenvalue weighted by atomic mass is 10.2. The van der Waals surface area contributed by atoms with Crippen LogP contribution < -0.4 is 0 Å². The highest BCUT2D eigenvalue weighted by Gasteiger charge is 2.50. The Kier molecular flexibility index (Phi) is 5.61. The van der Waals surface area contributed by atoms with Gasteiger partial charge in [-0.05, 0) is 27.7 Å². The predicted molar refractivity (Wildman–Crippen MR) is 62.1 cm³/mol. The first-order valence-corrected chi connectivity index (χ1v) is 6.91. The summed E-state index contributed by atoms with van der Waals surface area (Å²) < 4.78 is 20.9. The van der Waals surface area contributed by atoms with Gasteiger partial charge >= 0.3 is 14.8 Å². The van der Waals surface area contributed by atoms with E-state index >= 15 is 0 Å². The van der Waals surface area contributed by atoms with Gasteiger partial charge in [-0.15, -0.1) is 0 Å². The molecule has 0 heterocycles. The molecule has 96 valence electrons. The van der Waals surface area contributed by atoms with Crippen molar-refractivity contribution in [1.29, 1.82) is 0 Å². The van der Waals surface area contributed by atoms with Crippen molar-refractivity contribution in [2.75, 3.05) is 21.3 Å². The SMILES string of the molecule is CO[Si](OC)(OC)C(C)C(=O)OC(C)(C)C. The third kappa shape index (κ3) is 3.86. The molecular weight excluding hydrogens is 228 g/mol. The van der Waals surface area contributed by atoms with Crippen LogP contribution in [0.4, 0.5) is 0 Å². The number of rotatable bonds is 5. The first kappa shape index (κ1) is 15.6. The van der Waals surface area contributed by atoms with Gasteiger partial charge in [-0.3, -0.25) is 4.79 Å². The third-order valence-electron chi connectivity index (χ3n) is 2.14. The Morgan fingerprint density at radius 3 is 1.69 bits per heavy atom. The van der Waals surface area contributed by atoms with Crippen molar-refractivity contribution in [2.45, 2.75) is 38.8 Å². The van der Waals surface area contributed by atoms with Crippen LogP contribution in [-0.2, 0) is 22.8 Å². The van der Waals surface area contributed by atoms with Crippen molar-refractivity contribution < 1.29 is 22.8 Å². The monoisotopic (exact) mass is 250 g/mol. The molecule has 0 spiro atoms. The van der Waals surface area contributed by atoms with E-state index in [-0.39, 0.29) is 5.97 Å². The highest BCUT2D eigenvalue weighted by atomic mass is 28.4. The van der Waals surface area contributed by atoms with Gasteiger partial charge in [0.15, 0.2) is 0 Å². The Hall–Kier alpha value is -0.433. The molecule has 0 N–H and O–H groups in total. The molecule has 0 saturated heterocycles. The minimum Gasteiger partial charge on any atom is -0.460 e. The second kappa shape index (κ2) is 5.76. The average molecular weight is 250 g/mol. The molecule has 6 heteroatoms. The number of ether oxygens (including phenoxy) is 1. The van der Waals surface area contributed by atoms with Crippen molar-refractivity contribution in [3.63, 3.8) is 0 Å². The molecule has 0 aliphatic rings. The molecule has 0 amide bonds. The second-order valence-electron chi connectivity index (χ2n) is 4.47. The predicted octanol–water partition coefficient (Wildman–Crippen LogP) is 1.60. The largest absolute Gasteiger partial charge is 0.514 e. The molecule has 0 saturated carbocycles. The van der Waals surface area contributed by atoms with Crippen LogP contribution >= 0.6 is 0 Å². The van der Waals surface area contributed by atoms with Gasteiger partial charge in [0.2, 0.25) is 0 Å². The average Bonchev–Trinajstić information content (AvgIpc) is 2.18. The van der Waals surface area contributed by atoms with Crippen molar-refractivity contribution in [2.24, 2.45) is 0 Å². The summed E-state index contributed by atoms with van der Waals surface area (Å²) in [6.07, 6.45) is 0. The summed E-state index contributed by atoms with van der Waals surface area (Å²) in [4.78, 5) is 11.9. The molecule has 0 aliphatic carbocycles. The fourth-order valence-electron chi connectivity index (χ4n) is 1.31. The van der Waals surface area contributed by atoms with Crippen molar-refractivity contribution in [1.82, 2.24) is 0 Å². The topological polar surface area (TPSA) is 54.0 Å². The highest BCUT2D eigenvalue weighted by molar-refractivity contribution is 6.65. The van der Waals surface area contributed by atoms with Gasteiger partial charge < -0.3 is 18.0 Å². The summed E-state index contributed by atoms with van der Waals surface area (Å²) in [6, 6.07) is 0. The first-order chi connectivity index (χ1) is 7.22. The standard InChI is InChI=1S/C10H22O5Si/c1-8(9(11)15-10(2,3)4)16(12-5,13-6)14-7/h8H,1-7H3. The smallest absolute Gasteiger partial charge is 0.460 e. The lowest BCUT2D eigenvalue weighted by molar-refractivity contribution is -0.155. The third-order valence-corrected chi connectivity index (χ3v) is 5.15. The lowest BCUT2D eigenvalue weighted by Crippen LogP contribution is -2.50. The van der Waals surface area contributed by atoms with Gasteiger partial charge in [-0.25, -0.2) is 0 Å². The molecule has 0 aromatic heterocycles. The first-order valence-electron chi connectivity index (χ1n) is 5.10. The van der Waals surface area contributed by atoms with Crippen LogP contribution in [0, 0.1) is 0 Å². The van der Waals surface area contributed by atoms with E-state index < -0.39 is 19.9 Å². The molecule has 0 rings (SSSR count). The highest BCUT2D eigenvalue weighted by Crippen LogP contribution is 2.26. The van der Waals surface area contributed by atoms with E-state index in [9.17, 15) is 4.79 Å². The van der Waals surface area contributed by atoms with Crippen molar-refractivity contribution in [3.8, 4) is 0 Å². The van der Waals surface area contributed by atoms with Crippen LogP contribution in [0.5, 0.6) is 0 Å². The summed E-state index contributed by atoms with van der Waals surface area (Å²) in [7, 11) is 1.46. The minimum absolute atomic E-state index is 0.371. The summed E-state index contributed by atoms with van der Waals surface area (Å²) in [6.45, 7) is 7.13. The molecule has 0 aromatic carbocycles. The molecule has 0 radical (unpaired) electrons. The zero-order valence-electron chi connectivity index (χ0n) is 11.1. The van der Waals surface area contributed by atoms with Crippen molar-refractivity contribution in [3.05, 3.63) is 0 Å². The van der Waals surface area contributed by atoms with E-state index in [1.165, 1.54) is 21.3 Å². The number of esters is 1. The Bertz CT molecular complexity index is 224. The van der Waals surface area contributed by atoms with E-state index in [0.717, 1.165) is 0 Å². The molecule has 1 unspecified atom stereocenters. The zero-order valence-corrected chi connectivity index (χ0v) is 12.1. The van der Waals surface area contributed by atoms with E-state index in [4.69, 9.17) is 18.0 Å². The molecule has 0 aromatic rings. The van der Waals surface area contributed by atoms with Gasteiger partial charge in [0, 0.05) is 21.3 Å². The molecule has 0 fully saturated rings. The summed E-state index contributed by atoms with van der Waals surface area (Å²) in [5.41, 5.74) is -1.08. The Balaban J connectivity index is 4.75. The van der Waals surface area contributed by atoms with E-state index in [1.54, 1.807) is 6.92 Å². The Labute approximate surface area is 98.4 Å². The molecule has 16 heavy (non-hydrogen) atoms. The van der Waals surface area contributed by atoms with E-state index in [0.29, 0.717) is 0 Å². The van der Waals surface area contributed by atoms with Crippen LogP contribution in [0.25, 0.3) is 0 Å². The van der Waals surface area contributed by atoms with Crippen LogP contribution in [-0.4, -0.2) is 41.7 Å². The maximum Gasteiger partial charge on any atom is 0.514 e. The summed E-state index contributed by atoms with van der Waals surface area (Å²) in [5.74, 6) is -0.371. The Morgan fingerprint density at radius 2 is 1.44 bits per heavy atom. The number of hydrogen-bond acceptors (Lipinski definition) is 5. The fourth-order valence-corrected chi connectivity index (χ4v) is 3.22. The summed E-state index contributed by atoms with van der Waals surface area (Å²) >= 11 is 0. The van der Waals surface area contributed by atoms with Crippen molar-refractivity contribution >= 4 is 14.8 Å². The molecule has 0 bridgehead atoms. The number of carbonyl (C=O) groups excluding carboxylic acids is 1. The van der Waals surface area contributed by atoms with Gasteiger partial charge in [0.1, 0.15) is 11.1 Å². The normalized spacial score (nSPS) is 14.7. The molecule has 5 nitrogen and oxygen atoms in total. The van der Waals surface area contributed by atoms with Gasteiger partial charge in [-0.1, -0.05) is 0 Å². The molecule has 1 atom stereocenters. The van der Waals surface area contributed by atoms with Crippen LogP contribution in [0.2, 0.25) is 5.54 Å². The zero-order chi connectivity index (χ0) is 13.0.